The predicted octanol–water partition coefficient (Wildman–Crippen LogP) is 5.55. The van der Waals surface area contributed by atoms with Gasteiger partial charge in [0.05, 0.1) is 21.7 Å². The lowest BCUT2D eigenvalue weighted by atomic mass is 9.92. The van der Waals surface area contributed by atoms with Crippen LogP contribution in [0.3, 0.4) is 0 Å². The molecule has 0 bridgehead atoms. The minimum atomic E-state index is -4.78. The van der Waals surface area contributed by atoms with Gasteiger partial charge in [0.25, 0.3) is 0 Å². The zero-order chi connectivity index (χ0) is 25.8. The lowest BCUT2D eigenvalue weighted by Gasteiger charge is -2.29. The highest BCUT2D eigenvalue weighted by atomic mass is 32.2. The first-order chi connectivity index (χ1) is 16.2. The molecule has 4 rings (SSSR count). The minimum absolute atomic E-state index is 0.0154. The molecule has 0 unspecified atom stereocenters. The van der Waals surface area contributed by atoms with Crippen LogP contribution >= 0.6 is 0 Å². The fraction of sp³-hybridized carbons (Fsp3) is 0.364. The van der Waals surface area contributed by atoms with E-state index in [9.17, 15) is 40.0 Å². The molecule has 1 aliphatic carbocycles. The van der Waals surface area contributed by atoms with E-state index in [1.807, 2.05) is 6.07 Å². The van der Waals surface area contributed by atoms with Crippen molar-refractivity contribution in [2.75, 3.05) is 0 Å². The molecule has 2 heterocycles. The number of sulfonamides is 1. The molecule has 186 valence electrons. The van der Waals surface area contributed by atoms with Crippen molar-refractivity contribution in [3.8, 4) is 17.3 Å². The largest absolute Gasteiger partial charge is 0.417 e. The van der Waals surface area contributed by atoms with E-state index in [1.54, 1.807) is 9.29 Å². The van der Waals surface area contributed by atoms with Crippen LogP contribution in [0.5, 0.6) is 0 Å². The molecule has 1 aliphatic rings. The number of pyridine rings is 1. The molecule has 13 heteroatoms. The van der Waals surface area contributed by atoms with Crippen molar-refractivity contribution in [1.29, 1.82) is 5.26 Å². The second-order valence-electron chi connectivity index (χ2n) is 8.29. The van der Waals surface area contributed by atoms with Gasteiger partial charge in [-0.3, -0.25) is 0 Å². The minimum Gasteiger partial charge on any atom is -0.321 e. The third-order valence-corrected chi connectivity index (χ3v) is 7.54. The lowest BCUT2D eigenvalue weighted by molar-refractivity contribution is -0.147. The zero-order valence-electron chi connectivity index (χ0n) is 18.1. The fourth-order valence-corrected chi connectivity index (χ4v) is 5.13. The van der Waals surface area contributed by atoms with E-state index in [4.69, 9.17) is 0 Å². The second-order valence-corrected chi connectivity index (χ2v) is 10.0. The van der Waals surface area contributed by atoms with Crippen molar-refractivity contribution in [3.63, 3.8) is 0 Å². The van der Waals surface area contributed by atoms with Crippen LogP contribution in [-0.2, 0) is 16.2 Å². The molecule has 3 aromatic rings. The molecular formula is C22H18F6N4O2S. The van der Waals surface area contributed by atoms with E-state index < -0.39 is 38.9 Å². The number of hydrogen-bond acceptors (Lipinski definition) is 4. The van der Waals surface area contributed by atoms with Gasteiger partial charge in [0, 0.05) is 17.6 Å². The molecule has 6 nitrogen and oxygen atoms in total. The van der Waals surface area contributed by atoms with Crippen molar-refractivity contribution in [3.05, 3.63) is 47.7 Å². The molecule has 2 aromatic heterocycles. The number of halogens is 6. The van der Waals surface area contributed by atoms with Gasteiger partial charge in [-0.15, -0.1) is 0 Å². The Morgan fingerprint density at radius 1 is 1.14 bits per heavy atom. The third-order valence-electron chi connectivity index (χ3n) is 5.98. The van der Waals surface area contributed by atoms with Crippen LogP contribution in [0.2, 0.25) is 0 Å². The van der Waals surface area contributed by atoms with Gasteiger partial charge in [-0.1, -0.05) is 12.1 Å². The van der Waals surface area contributed by atoms with Crippen LogP contribution in [0.15, 0.2) is 41.4 Å². The Hall–Kier alpha value is -3.11. The maximum absolute atomic E-state index is 13.3. The summed E-state index contributed by atoms with van der Waals surface area (Å²) in [4.78, 5) is 3.57. The Kier molecular flexibility index (Phi) is 6.09. The van der Waals surface area contributed by atoms with Gasteiger partial charge in [-0.05, 0) is 49.9 Å². The van der Waals surface area contributed by atoms with Crippen molar-refractivity contribution in [2.45, 2.75) is 55.5 Å². The van der Waals surface area contributed by atoms with Crippen LogP contribution in [0.1, 0.15) is 43.4 Å². The summed E-state index contributed by atoms with van der Waals surface area (Å²) >= 11 is 0. The first kappa shape index (κ1) is 25.0. The number of nitriles is 1. The van der Waals surface area contributed by atoms with Crippen molar-refractivity contribution in [1.82, 2.24) is 14.3 Å². The summed E-state index contributed by atoms with van der Waals surface area (Å²) in [7, 11) is -4.50. The Morgan fingerprint density at radius 2 is 1.77 bits per heavy atom. The number of alkyl halides is 6. The highest BCUT2D eigenvalue weighted by Crippen LogP contribution is 2.43. The van der Waals surface area contributed by atoms with Gasteiger partial charge in [0.15, 0.2) is 0 Å². The number of aromatic nitrogens is 2. The van der Waals surface area contributed by atoms with E-state index in [0.29, 0.717) is 18.7 Å². The van der Waals surface area contributed by atoms with E-state index in [-0.39, 0.29) is 28.3 Å². The summed E-state index contributed by atoms with van der Waals surface area (Å²) in [6.45, 7) is 0.671. The molecule has 1 fully saturated rings. The Morgan fingerprint density at radius 3 is 2.26 bits per heavy atom. The summed E-state index contributed by atoms with van der Waals surface area (Å²) in [6.07, 6.45) is -6.42. The average molecular weight is 516 g/mol. The fourth-order valence-electron chi connectivity index (χ4n) is 3.90. The number of rotatable bonds is 5. The average Bonchev–Trinajstić information content (AvgIpc) is 3.04. The summed E-state index contributed by atoms with van der Waals surface area (Å²) < 4.78 is 106. The molecule has 1 aromatic carbocycles. The standard InChI is InChI=1S/C22H18F6N4O2S/c1-12(21(23,24)25)31-35(33,34)16-7-5-13(6-8-16)19-18(10-29)17-9-14(22(26,27)28)11-30-20(17)32(19)15-3-2-4-15/h5-9,11-12,15,31H,2-4H2,1H3/t12-/m0/s1. The monoisotopic (exact) mass is 516 g/mol. The highest BCUT2D eigenvalue weighted by molar-refractivity contribution is 7.89. The topological polar surface area (TPSA) is 87.8 Å². The van der Waals surface area contributed by atoms with Crippen LogP contribution in [0.4, 0.5) is 26.3 Å². The van der Waals surface area contributed by atoms with Crippen molar-refractivity contribution >= 4 is 21.1 Å². The maximum Gasteiger partial charge on any atom is 0.417 e. The quantitative estimate of drug-likeness (QED) is 0.451. The van der Waals surface area contributed by atoms with E-state index >= 15 is 0 Å². The van der Waals surface area contributed by atoms with Gasteiger partial charge >= 0.3 is 12.4 Å². The van der Waals surface area contributed by atoms with Gasteiger partial charge in [-0.2, -0.15) is 36.3 Å². The Bertz CT molecular complexity index is 1420. The molecule has 0 radical (unpaired) electrons. The zero-order valence-corrected chi connectivity index (χ0v) is 18.9. The third kappa shape index (κ3) is 4.60. The van der Waals surface area contributed by atoms with Crippen LogP contribution < -0.4 is 4.72 Å². The summed E-state index contributed by atoms with van der Waals surface area (Å²) in [5.74, 6) is 0. The normalized spacial score (nSPS) is 16.2. The molecule has 1 saturated carbocycles. The van der Waals surface area contributed by atoms with Crippen LogP contribution in [0.25, 0.3) is 22.3 Å². The predicted molar refractivity (Wildman–Crippen MR) is 114 cm³/mol. The second kappa shape index (κ2) is 8.53. The summed E-state index contributed by atoms with van der Waals surface area (Å²) in [5.41, 5.74) is -0.260. The molecule has 0 amide bonds. The van der Waals surface area contributed by atoms with Gasteiger partial charge < -0.3 is 4.57 Å². The first-order valence-electron chi connectivity index (χ1n) is 10.4. The van der Waals surface area contributed by atoms with Crippen LogP contribution in [-0.4, -0.2) is 30.2 Å². The number of hydrogen-bond donors (Lipinski definition) is 1. The molecular weight excluding hydrogens is 498 g/mol. The summed E-state index contributed by atoms with van der Waals surface area (Å²) in [5, 5.41) is 9.85. The number of nitrogens with one attached hydrogen (secondary N) is 1. The number of fused-ring (bicyclic) bond motifs is 1. The lowest BCUT2D eigenvalue weighted by Crippen LogP contribution is -2.42. The van der Waals surface area contributed by atoms with Gasteiger partial charge in [0.1, 0.15) is 17.8 Å². The number of nitrogens with zero attached hydrogens (tertiary/aromatic N) is 3. The van der Waals surface area contributed by atoms with E-state index in [0.717, 1.165) is 37.5 Å². The molecule has 35 heavy (non-hydrogen) atoms. The van der Waals surface area contributed by atoms with Crippen molar-refractivity contribution < 1.29 is 34.8 Å². The Balaban J connectivity index is 1.83. The highest BCUT2D eigenvalue weighted by Gasteiger charge is 2.39. The van der Waals surface area contributed by atoms with E-state index in [2.05, 4.69) is 4.98 Å². The summed E-state index contributed by atoms with van der Waals surface area (Å²) in [6, 6.07) is 5.16. The van der Waals surface area contributed by atoms with Gasteiger partial charge in [-0.25, -0.2) is 13.4 Å². The van der Waals surface area contributed by atoms with Crippen molar-refractivity contribution in [2.24, 2.45) is 0 Å². The molecule has 0 spiro atoms. The SMILES string of the molecule is C[C@H](NS(=O)(=O)c1ccc(-c2c(C#N)c3cc(C(F)(F)F)cnc3n2C2CCC2)cc1)C(F)(F)F. The number of benzene rings is 1. The molecule has 0 aliphatic heterocycles. The van der Waals surface area contributed by atoms with Gasteiger partial charge in [0.2, 0.25) is 10.0 Å². The Labute approximate surface area is 196 Å². The first-order valence-corrected chi connectivity index (χ1v) is 11.9. The molecule has 0 saturated heterocycles. The smallest absolute Gasteiger partial charge is 0.321 e. The maximum atomic E-state index is 13.3. The molecule has 1 atom stereocenters. The molecule has 1 N–H and O–H groups in total. The van der Waals surface area contributed by atoms with Crippen LogP contribution in [0, 0.1) is 11.3 Å². The van der Waals surface area contributed by atoms with E-state index in [1.165, 1.54) is 12.1 Å².